The summed E-state index contributed by atoms with van der Waals surface area (Å²) in [7, 11) is -1.29. The SMILES string of the molecule is COC(=O)c1cccc(S(=O)(=O)N(CCc2cccc(C)c2)Cc2cc3cc(OC)ccc3[nH]c2=O)c1. The Kier molecular flexibility index (Phi) is 7.75. The number of carbonyl (C=O) groups excluding carboxylic acids is 1. The lowest BCUT2D eigenvalue weighted by Gasteiger charge is -2.23. The number of esters is 1. The minimum absolute atomic E-state index is 0.0569. The van der Waals surface area contributed by atoms with Gasteiger partial charge < -0.3 is 14.5 Å². The van der Waals surface area contributed by atoms with E-state index in [0.29, 0.717) is 17.7 Å². The highest BCUT2D eigenvalue weighted by Crippen LogP contribution is 2.23. The molecule has 0 atom stereocenters. The van der Waals surface area contributed by atoms with Crippen molar-refractivity contribution in [1.29, 1.82) is 0 Å². The lowest BCUT2D eigenvalue weighted by Crippen LogP contribution is -2.34. The number of ether oxygens (including phenoxy) is 2. The summed E-state index contributed by atoms with van der Waals surface area (Å²) in [5, 5.41) is 0.720. The highest BCUT2D eigenvalue weighted by molar-refractivity contribution is 7.89. The van der Waals surface area contributed by atoms with Crippen molar-refractivity contribution in [3.8, 4) is 5.75 Å². The van der Waals surface area contributed by atoms with Crippen molar-refractivity contribution in [2.24, 2.45) is 0 Å². The first kappa shape index (κ1) is 26.1. The van der Waals surface area contributed by atoms with Crippen molar-refractivity contribution >= 4 is 26.9 Å². The van der Waals surface area contributed by atoms with E-state index in [1.165, 1.54) is 35.7 Å². The van der Waals surface area contributed by atoms with Gasteiger partial charge >= 0.3 is 5.97 Å². The number of pyridine rings is 1. The molecule has 0 spiro atoms. The molecule has 0 aliphatic carbocycles. The summed E-state index contributed by atoms with van der Waals surface area (Å²) in [5.41, 5.74) is 2.69. The molecule has 0 unspecified atom stereocenters. The second kappa shape index (κ2) is 11.0. The summed E-state index contributed by atoms with van der Waals surface area (Å²) in [6.45, 7) is 1.95. The number of nitrogens with zero attached hydrogens (tertiary/aromatic N) is 1. The first-order valence-corrected chi connectivity index (χ1v) is 13.1. The smallest absolute Gasteiger partial charge is 0.337 e. The van der Waals surface area contributed by atoms with Crippen LogP contribution in [0.5, 0.6) is 5.75 Å². The lowest BCUT2D eigenvalue weighted by atomic mass is 10.1. The molecule has 3 aromatic carbocycles. The molecular formula is C28H28N2O6S. The molecule has 192 valence electrons. The molecule has 4 rings (SSSR count). The third-order valence-electron chi connectivity index (χ3n) is 6.10. The van der Waals surface area contributed by atoms with Crippen molar-refractivity contribution < 1.29 is 22.7 Å². The number of hydrogen-bond donors (Lipinski definition) is 1. The molecule has 0 fully saturated rings. The van der Waals surface area contributed by atoms with Crippen LogP contribution in [-0.4, -0.2) is 44.4 Å². The Morgan fingerprint density at radius 1 is 0.973 bits per heavy atom. The van der Waals surface area contributed by atoms with Gasteiger partial charge in [0.1, 0.15) is 5.75 Å². The van der Waals surface area contributed by atoms with Crippen molar-refractivity contribution in [3.05, 3.63) is 105 Å². The first-order chi connectivity index (χ1) is 17.7. The van der Waals surface area contributed by atoms with E-state index < -0.39 is 16.0 Å². The standard InChI is InChI=1S/C28H28N2O6S/c1-19-6-4-7-20(14-19)12-13-30(37(33,34)25-9-5-8-21(17-25)28(32)36-3)18-23-15-22-16-24(35-2)10-11-26(22)29-27(23)31/h4-11,14-17H,12-13,18H2,1-3H3,(H,29,31). The number of methoxy groups -OCH3 is 2. The van der Waals surface area contributed by atoms with Crippen LogP contribution in [0.3, 0.4) is 0 Å². The number of aromatic amines is 1. The second-order valence-corrected chi connectivity index (χ2v) is 10.6. The Hall–Kier alpha value is -3.95. The van der Waals surface area contributed by atoms with Crippen LogP contribution in [0.1, 0.15) is 27.0 Å². The van der Waals surface area contributed by atoms with E-state index >= 15 is 0 Å². The molecule has 0 radical (unpaired) electrons. The number of hydrogen-bond acceptors (Lipinski definition) is 6. The molecule has 37 heavy (non-hydrogen) atoms. The predicted molar refractivity (Wildman–Crippen MR) is 141 cm³/mol. The largest absolute Gasteiger partial charge is 0.497 e. The Morgan fingerprint density at radius 3 is 2.49 bits per heavy atom. The zero-order chi connectivity index (χ0) is 26.6. The number of aryl methyl sites for hydroxylation is 1. The van der Waals surface area contributed by atoms with Gasteiger partial charge in [-0.1, -0.05) is 35.9 Å². The zero-order valence-corrected chi connectivity index (χ0v) is 21.7. The quantitative estimate of drug-likeness (QED) is 0.334. The maximum atomic E-state index is 13.8. The summed E-state index contributed by atoms with van der Waals surface area (Å²) in [6.07, 6.45) is 0.441. The van der Waals surface area contributed by atoms with Crippen LogP contribution in [0.25, 0.3) is 10.9 Å². The van der Waals surface area contributed by atoms with Gasteiger partial charge in [0.25, 0.3) is 5.56 Å². The maximum absolute atomic E-state index is 13.8. The summed E-state index contributed by atoms with van der Waals surface area (Å²) in [6, 6.07) is 20.5. The summed E-state index contributed by atoms with van der Waals surface area (Å²) < 4.78 is 38.9. The van der Waals surface area contributed by atoms with E-state index in [0.717, 1.165) is 16.5 Å². The molecular weight excluding hydrogens is 492 g/mol. The van der Waals surface area contributed by atoms with Crippen LogP contribution in [-0.2, 0) is 27.7 Å². The van der Waals surface area contributed by atoms with Gasteiger partial charge in [-0.25, -0.2) is 13.2 Å². The Bertz CT molecular complexity index is 1610. The summed E-state index contributed by atoms with van der Waals surface area (Å²) in [5.74, 6) is -0.0164. The average Bonchev–Trinajstić information content (AvgIpc) is 2.90. The van der Waals surface area contributed by atoms with Gasteiger partial charge in [-0.05, 0) is 61.4 Å². The molecule has 0 aliphatic heterocycles. The molecule has 4 aromatic rings. The van der Waals surface area contributed by atoms with Crippen molar-refractivity contribution in [3.63, 3.8) is 0 Å². The van der Waals surface area contributed by atoms with E-state index in [1.807, 2.05) is 31.2 Å². The van der Waals surface area contributed by atoms with Crippen LogP contribution < -0.4 is 10.3 Å². The molecule has 0 saturated carbocycles. The maximum Gasteiger partial charge on any atom is 0.337 e. The van der Waals surface area contributed by atoms with Crippen LogP contribution in [0.4, 0.5) is 0 Å². The molecule has 9 heteroatoms. The third kappa shape index (κ3) is 5.90. The molecule has 8 nitrogen and oxygen atoms in total. The molecule has 0 amide bonds. The normalized spacial score (nSPS) is 11.6. The van der Waals surface area contributed by atoms with Crippen LogP contribution in [0, 0.1) is 6.92 Å². The molecule has 1 aromatic heterocycles. The van der Waals surface area contributed by atoms with Gasteiger partial charge in [0.05, 0.1) is 24.7 Å². The Morgan fingerprint density at radius 2 is 1.76 bits per heavy atom. The van der Waals surface area contributed by atoms with Gasteiger partial charge in [-0.15, -0.1) is 0 Å². The van der Waals surface area contributed by atoms with Gasteiger partial charge in [0.2, 0.25) is 10.0 Å². The number of aromatic nitrogens is 1. The molecule has 1 heterocycles. The zero-order valence-electron chi connectivity index (χ0n) is 20.9. The summed E-state index contributed by atoms with van der Waals surface area (Å²) in [4.78, 5) is 27.7. The van der Waals surface area contributed by atoms with Crippen LogP contribution in [0.15, 0.2) is 82.5 Å². The fourth-order valence-electron chi connectivity index (χ4n) is 4.12. The molecule has 0 bridgehead atoms. The number of fused-ring (bicyclic) bond motifs is 1. The van der Waals surface area contributed by atoms with Gasteiger partial charge in [0.15, 0.2) is 0 Å². The fraction of sp³-hybridized carbons (Fsp3) is 0.214. The van der Waals surface area contributed by atoms with E-state index in [9.17, 15) is 18.0 Å². The number of H-pyrrole nitrogens is 1. The topological polar surface area (TPSA) is 106 Å². The minimum Gasteiger partial charge on any atom is -0.497 e. The number of rotatable bonds is 9. The Labute approximate surface area is 215 Å². The second-order valence-electron chi connectivity index (χ2n) is 8.67. The van der Waals surface area contributed by atoms with E-state index in [4.69, 9.17) is 9.47 Å². The van der Waals surface area contributed by atoms with Crippen molar-refractivity contribution in [2.75, 3.05) is 20.8 Å². The first-order valence-electron chi connectivity index (χ1n) is 11.7. The van der Waals surface area contributed by atoms with Gasteiger partial charge in [0, 0.05) is 29.6 Å². The van der Waals surface area contributed by atoms with Crippen LogP contribution in [0.2, 0.25) is 0 Å². The predicted octanol–water partition coefficient (Wildman–Crippen LogP) is 4.07. The average molecular weight is 521 g/mol. The van der Waals surface area contributed by atoms with Crippen LogP contribution >= 0.6 is 0 Å². The van der Waals surface area contributed by atoms with Crippen molar-refractivity contribution in [1.82, 2.24) is 9.29 Å². The molecule has 1 N–H and O–H groups in total. The van der Waals surface area contributed by atoms with Gasteiger partial charge in [-0.2, -0.15) is 4.31 Å². The number of carbonyl (C=O) groups is 1. The monoisotopic (exact) mass is 520 g/mol. The number of sulfonamides is 1. The van der Waals surface area contributed by atoms with Gasteiger partial charge in [-0.3, -0.25) is 4.79 Å². The molecule has 0 saturated heterocycles. The number of benzene rings is 3. The fourth-order valence-corrected chi connectivity index (χ4v) is 5.59. The third-order valence-corrected chi connectivity index (χ3v) is 7.94. The Balaban J connectivity index is 1.74. The summed E-state index contributed by atoms with van der Waals surface area (Å²) >= 11 is 0. The van der Waals surface area contributed by atoms with Crippen molar-refractivity contribution in [2.45, 2.75) is 24.8 Å². The van der Waals surface area contributed by atoms with E-state index in [2.05, 4.69) is 4.98 Å². The minimum atomic E-state index is -4.08. The molecule has 0 aliphatic rings. The number of nitrogens with one attached hydrogen (secondary N) is 1. The highest BCUT2D eigenvalue weighted by atomic mass is 32.2. The lowest BCUT2D eigenvalue weighted by molar-refractivity contribution is 0.0600. The van der Waals surface area contributed by atoms with E-state index in [-0.39, 0.29) is 34.7 Å². The highest BCUT2D eigenvalue weighted by Gasteiger charge is 2.26. The van der Waals surface area contributed by atoms with E-state index in [1.54, 1.807) is 31.4 Å².